The number of thiazole rings is 1. The van der Waals surface area contributed by atoms with E-state index in [-0.39, 0.29) is 29.5 Å². The molecule has 0 aliphatic carbocycles. The van der Waals surface area contributed by atoms with E-state index in [2.05, 4.69) is 10.3 Å². The zero-order valence-corrected chi connectivity index (χ0v) is 28.9. The van der Waals surface area contributed by atoms with Crippen LogP contribution in [0, 0.1) is 17.8 Å². The Balaban J connectivity index is 3.35. The van der Waals surface area contributed by atoms with Crippen molar-refractivity contribution >= 4 is 17.3 Å². The van der Waals surface area contributed by atoms with Gasteiger partial charge in [-0.15, -0.1) is 11.3 Å². The van der Waals surface area contributed by atoms with E-state index in [0.29, 0.717) is 24.5 Å². The molecule has 0 amide bonds. The number of nitrogens with one attached hydrogen (secondary N) is 1. The fraction of sp³-hybridized carbons (Fsp3) is 0.867. The number of nitrogens with zero attached hydrogens (tertiary/aromatic N) is 3. The summed E-state index contributed by atoms with van der Waals surface area (Å²) in [7, 11) is 3.34. The molecule has 252 valence electrons. The highest BCUT2D eigenvalue weighted by Crippen LogP contribution is 2.32. The van der Waals surface area contributed by atoms with Crippen LogP contribution in [0.4, 0.5) is 0 Å². The number of likely N-dealkylation sites (N-methyl/N-ethyl adjacent to an activating group) is 2. The minimum absolute atomic E-state index is 0.0369. The van der Waals surface area contributed by atoms with Crippen molar-refractivity contribution in [3.63, 3.8) is 0 Å². The van der Waals surface area contributed by atoms with Crippen LogP contribution < -0.4 is 5.32 Å². The van der Waals surface area contributed by atoms with E-state index in [1.165, 1.54) is 21.6 Å². The summed E-state index contributed by atoms with van der Waals surface area (Å²) < 4.78 is 11.7. The van der Waals surface area contributed by atoms with Gasteiger partial charge < -0.3 is 35.0 Å². The van der Waals surface area contributed by atoms with E-state index in [4.69, 9.17) is 9.47 Å². The Morgan fingerprint density at radius 3 is 2.05 bits per heavy atom. The van der Waals surface area contributed by atoms with Gasteiger partial charge in [-0.3, -0.25) is 10.2 Å². The number of aromatic nitrogens is 1. The van der Waals surface area contributed by atoms with E-state index >= 15 is 0 Å². The quantitative estimate of drug-likeness (QED) is 0.123. The molecule has 0 aliphatic rings. The molecule has 43 heavy (non-hydrogen) atoms. The van der Waals surface area contributed by atoms with E-state index < -0.39 is 48.3 Å². The molecule has 0 spiro atoms. The summed E-state index contributed by atoms with van der Waals surface area (Å²) in [6, 6.07) is -2.04. The van der Waals surface area contributed by atoms with Gasteiger partial charge >= 0.3 is 5.97 Å². The molecule has 6 N–H and O–H groups in total. The largest absolute Gasteiger partial charge is 0.476 e. The first kappa shape index (κ1) is 39.8. The van der Waals surface area contributed by atoms with Crippen molar-refractivity contribution in [3.8, 4) is 0 Å². The molecule has 1 aromatic heterocycles. The summed E-state index contributed by atoms with van der Waals surface area (Å²) in [5, 5.41) is 59.9. The van der Waals surface area contributed by atoms with Gasteiger partial charge in [0.15, 0.2) is 5.69 Å². The molecule has 13 heteroatoms. The predicted molar refractivity (Wildman–Crippen MR) is 167 cm³/mol. The molecule has 0 bridgehead atoms. The van der Waals surface area contributed by atoms with Gasteiger partial charge in [0, 0.05) is 18.0 Å². The van der Waals surface area contributed by atoms with Crippen LogP contribution in [0.3, 0.4) is 0 Å². The number of hydrogen-bond donors (Lipinski definition) is 6. The fourth-order valence-electron chi connectivity index (χ4n) is 5.40. The summed E-state index contributed by atoms with van der Waals surface area (Å²) in [6.45, 7) is 19.2. The number of aliphatic hydroxyl groups is 4. The number of aliphatic hydroxyl groups excluding tert-OH is 2. The van der Waals surface area contributed by atoms with Crippen molar-refractivity contribution in [3.05, 3.63) is 16.1 Å². The van der Waals surface area contributed by atoms with Gasteiger partial charge in [-0.25, -0.2) is 14.7 Å². The van der Waals surface area contributed by atoms with Crippen LogP contribution in [0.5, 0.6) is 0 Å². The highest BCUT2D eigenvalue weighted by atomic mass is 32.1. The number of hydrogen-bond acceptors (Lipinski definition) is 12. The highest BCUT2D eigenvalue weighted by molar-refractivity contribution is 7.09. The zero-order chi connectivity index (χ0) is 33.4. The normalized spacial score (nSPS) is 18.2. The summed E-state index contributed by atoms with van der Waals surface area (Å²) in [6.07, 6.45) is -1.98. The Bertz CT molecular complexity index is 970. The van der Waals surface area contributed by atoms with Gasteiger partial charge in [-0.1, -0.05) is 48.0 Å². The second-order valence-corrected chi connectivity index (χ2v) is 14.0. The summed E-state index contributed by atoms with van der Waals surface area (Å²) in [5.74, 6) is -4.09. The lowest BCUT2D eigenvalue weighted by atomic mass is 9.91. The lowest BCUT2D eigenvalue weighted by Crippen LogP contribution is -2.70. The molecule has 0 aliphatic heterocycles. The number of carboxylic acid groups (broad SMARTS) is 1. The van der Waals surface area contributed by atoms with E-state index in [9.17, 15) is 30.3 Å². The Kier molecular flexibility index (Phi) is 15.6. The molecule has 0 saturated carbocycles. The van der Waals surface area contributed by atoms with Crippen LogP contribution in [0.25, 0.3) is 0 Å². The van der Waals surface area contributed by atoms with Gasteiger partial charge in [0.05, 0.1) is 17.7 Å². The van der Waals surface area contributed by atoms with Gasteiger partial charge in [0.2, 0.25) is 12.3 Å². The number of ether oxygens (including phenoxy) is 2. The molecule has 0 aromatic carbocycles. The van der Waals surface area contributed by atoms with Crippen LogP contribution in [0.15, 0.2) is 5.38 Å². The highest BCUT2D eigenvalue weighted by Gasteiger charge is 2.46. The minimum Gasteiger partial charge on any atom is -0.476 e. The number of aromatic carboxylic acids is 1. The Hall–Kier alpha value is -1.26. The second-order valence-electron chi connectivity index (χ2n) is 13.1. The van der Waals surface area contributed by atoms with Gasteiger partial charge in [0.1, 0.15) is 17.3 Å². The minimum atomic E-state index is -2.52. The smallest absolute Gasteiger partial charge is 0.355 e. The molecule has 12 nitrogen and oxygen atoms in total. The average Bonchev–Trinajstić information content (AvgIpc) is 3.37. The molecule has 1 heterocycles. The summed E-state index contributed by atoms with van der Waals surface area (Å²) in [4.78, 5) is 18.9. The third kappa shape index (κ3) is 11.6. The monoisotopic (exact) mass is 634 g/mol. The van der Waals surface area contributed by atoms with Crippen molar-refractivity contribution in [1.82, 2.24) is 20.1 Å². The Morgan fingerprint density at radius 2 is 1.63 bits per heavy atom. The number of carboxylic acids is 1. The van der Waals surface area contributed by atoms with Gasteiger partial charge in [0.25, 0.3) is 0 Å². The van der Waals surface area contributed by atoms with Crippen molar-refractivity contribution in [2.75, 3.05) is 20.7 Å². The Labute approximate surface area is 262 Å². The summed E-state index contributed by atoms with van der Waals surface area (Å²) >= 11 is 1.22. The van der Waals surface area contributed by atoms with Crippen molar-refractivity contribution in [1.29, 1.82) is 0 Å². The maximum Gasteiger partial charge on any atom is 0.355 e. The number of rotatable bonds is 19. The lowest BCUT2D eigenvalue weighted by molar-refractivity contribution is -0.304. The second kappa shape index (κ2) is 16.9. The number of carbonyl (C=O) groups is 1. The predicted octanol–water partition coefficient (Wildman–Crippen LogP) is 3.27. The van der Waals surface area contributed by atoms with Crippen LogP contribution in [0.1, 0.15) is 104 Å². The maximum atomic E-state index is 11.8. The maximum absolute atomic E-state index is 11.8. The van der Waals surface area contributed by atoms with Gasteiger partial charge in [-0.05, 0) is 66.0 Å². The van der Waals surface area contributed by atoms with E-state index in [1.807, 2.05) is 48.5 Å². The third-order valence-corrected chi connectivity index (χ3v) is 8.73. The molecular weight excluding hydrogens is 576 g/mol. The van der Waals surface area contributed by atoms with Crippen LogP contribution in [0.2, 0.25) is 0 Å². The first-order valence-corrected chi connectivity index (χ1v) is 16.1. The standard InChI is InChI=1S/C30H58N4O8S/c1-13-19(7)23(32-30(39,40)24(18(5)6)34(12)28(38)42-29(8,9)10)26(35)33(11)21(17(3)4)15-22(41-14-2)25-31-20(16-43-25)27(36)37/h16-19,21-24,26,28,32,35,38-40H,13-15H2,1-12H3,(H,36,37)/t19-,21+,22+,23-,24-,26?,28?/m0/s1. The molecule has 0 saturated heterocycles. The summed E-state index contributed by atoms with van der Waals surface area (Å²) in [5.41, 5.74) is -0.710. The van der Waals surface area contributed by atoms with Crippen LogP contribution in [-0.4, -0.2) is 109 Å². The first-order valence-electron chi connectivity index (χ1n) is 15.2. The van der Waals surface area contributed by atoms with Crippen LogP contribution in [-0.2, 0) is 9.47 Å². The Morgan fingerprint density at radius 1 is 1.05 bits per heavy atom. The molecule has 0 radical (unpaired) electrons. The van der Waals surface area contributed by atoms with Crippen molar-refractivity contribution in [2.24, 2.45) is 17.8 Å². The average molecular weight is 635 g/mol. The molecule has 2 unspecified atom stereocenters. The van der Waals surface area contributed by atoms with Crippen molar-refractivity contribution in [2.45, 2.75) is 130 Å². The van der Waals surface area contributed by atoms with E-state index in [1.54, 1.807) is 39.8 Å². The molecule has 1 rings (SSSR count). The van der Waals surface area contributed by atoms with Crippen LogP contribution >= 0.6 is 11.3 Å². The SMILES string of the molecule is CCO[C@H](C[C@H](C(C)C)N(C)C(O)[C@@H](NC(O)(O)[C@H](C(C)C)N(C)C(O)OC(C)(C)C)[C@@H](C)CC)c1nc(C(=O)O)cs1. The fourth-order valence-corrected chi connectivity index (χ4v) is 6.26. The molecule has 7 atom stereocenters. The first-order chi connectivity index (χ1) is 19.7. The molecule has 1 aromatic rings. The third-order valence-electron chi connectivity index (χ3n) is 7.80. The van der Waals surface area contributed by atoms with Crippen molar-refractivity contribution < 1.29 is 39.8 Å². The van der Waals surface area contributed by atoms with E-state index in [0.717, 1.165) is 0 Å². The lowest BCUT2D eigenvalue weighted by Gasteiger charge is -2.47. The topological polar surface area (TPSA) is 168 Å². The molecule has 0 fully saturated rings. The van der Waals surface area contributed by atoms with Gasteiger partial charge in [-0.2, -0.15) is 0 Å². The zero-order valence-electron chi connectivity index (χ0n) is 28.1. The molecular formula is C30H58N4O8S.